The third-order valence-electron chi connectivity index (χ3n) is 3.76. The molecule has 0 aromatic heterocycles. The van der Waals surface area contributed by atoms with Gasteiger partial charge in [0.15, 0.2) is 0 Å². The van der Waals surface area contributed by atoms with E-state index in [4.69, 9.17) is 18.9 Å². The van der Waals surface area contributed by atoms with E-state index < -0.39 is 17.4 Å². The molecule has 4 nitrogen and oxygen atoms in total. The van der Waals surface area contributed by atoms with E-state index in [0.717, 1.165) is 0 Å². The fourth-order valence-corrected chi connectivity index (χ4v) is 2.52. The van der Waals surface area contributed by atoms with Gasteiger partial charge in [0, 0.05) is 0 Å². The molecule has 0 N–H and O–H groups in total. The molecular formula is C24H20MgO4P2. The van der Waals surface area contributed by atoms with Gasteiger partial charge in [-0.1, -0.05) is 121 Å². The first-order chi connectivity index (χ1) is 14.8. The summed E-state index contributed by atoms with van der Waals surface area (Å²) >= 11 is 0. The minimum Gasteiger partial charge on any atom is -0.772 e. The summed E-state index contributed by atoms with van der Waals surface area (Å²) in [4.78, 5) is 16.7. The fraction of sp³-hybridized carbons (Fsp3) is 0. The van der Waals surface area contributed by atoms with Crippen LogP contribution in [0.4, 0.5) is 0 Å². The Balaban J connectivity index is 0.000000453. The van der Waals surface area contributed by atoms with Crippen molar-refractivity contribution in [3.05, 3.63) is 121 Å². The van der Waals surface area contributed by atoms with E-state index in [1.165, 1.54) is 22.3 Å². The van der Waals surface area contributed by atoms with Gasteiger partial charge in [-0.15, -0.1) is 0 Å². The molecule has 0 aliphatic heterocycles. The van der Waals surface area contributed by atoms with Crippen LogP contribution >= 0.6 is 17.4 Å². The third kappa shape index (κ3) is 12.9. The first-order valence-electron chi connectivity index (χ1n) is 8.87. The Morgan fingerprint density at radius 3 is 0.645 bits per heavy atom. The van der Waals surface area contributed by atoms with Crippen LogP contribution in [0, 0.1) is 0 Å². The van der Waals surface area contributed by atoms with E-state index in [1.807, 2.05) is 24.3 Å². The summed E-state index contributed by atoms with van der Waals surface area (Å²) in [6.07, 6.45) is 0. The molecule has 0 bridgehead atoms. The molecule has 0 amide bonds. The predicted octanol–water partition coefficient (Wildman–Crippen LogP) is 5.43. The van der Waals surface area contributed by atoms with Crippen LogP contribution in [-0.4, -0.2) is 23.1 Å². The van der Waals surface area contributed by atoms with Crippen molar-refractivity contribution in [3.63, 3.8) is 0 Å². The Labute approximate surface area is 202 Å². The van der Waals surface area contributed by atoms with E-state index in [1.54, 1.807) is 0 Å². The van der Waals surface area contributed by atoms with Crippen LogP contribution in [0.3, 0.4) is 0 Å². The summed E-state index contributed by atoms with van der Waals surface area (Å²) in [5.74, 6) is 0. The van der Waals surface area contributed by atoms with Crippen LogP contribution in [0.15, 0.2) is 121 Å². The Hall–Kier alpha value is -2.23. The molecule has 0 aliphatic rings. The van der Waals surface area contributed by atoms with Gasteiger partial charge in [-0.05, 0) is 22.3 Å². The number of rotatable bonds is 2. The summed E-state index contributed by atoms with van der Waals surface area (Å²) in [6, 6.07) is 41.6. The number of benzene rings is 4. The smallest absolute Gasteiger partial charge is 0.772 e. The van der Waals surface area contributed by atoms with Crippen LogP contribution in [-0.2, 0) is 9.13 Å². The summed E-state index contributed by atoms with van der Waals surface area (Å²) < 4.78 is 16.7. The van der Waals surface area contributed by atoms with Crippen molar-refractivity contribution >= 4 is 40.4 Å². The average molecular weight is 459 g/mol. The Morgan fingerprint density at radius 1 is 0.387 bits per heavy atom. The molecule has 0 saturated carbocycles. The molecule has 4 aromatic rings. The van der Waals surface area contributed by atoms with E-state index in [-0.39, 0.29) is 23.1 Å². The van der Waals surface area contributed by atoms with E-state index in [0.29, 0.717) is 0 Å². The fourth-order valence-electron chi connectivity index (χ4n) is 2.52. The minimum absolute atomic E-state index is 0. The van der Waals surface area contributed by atoms with Crippen molar-refractivity contribution in [3.8, 4) is 22.3 Å². The monoisotopic (exact) mass is 458 g/mol. The van der Waals surface area contributed by atoms with Crippen LogP contribution in [0.5, 0.6) is 0 Å². The van der Waals surface area contributed by atoms with Crippen molar-refractivity contribution in [2.24, 2.45) is 0 Å². The van der Waals surface area contributed by atoms with Crippen LogP contribution in [0.1, 0.15) is 0 Å². The first-order valence-corrected chi connectivity index (χ1v) is 10.3. The van der Waals surface area contributed by atoms with Crippen LogP contribution in [0.25, 0.3) is 22.3 Å². The molecule has 31 heavy (non-hydrogen) atoms. The molecule has 4 rings (SSSR count). The van der Waals surface area contributed by atoms with Gasteiger partial charge in [-0.2, -0.15) is 0 Å². The Morgan fingerprint density at radius 2 is 0.516 bits per heavy atom. The zero-order valence-corrected chi connectivity index (χ0v) is 20.0. The molecule has 152 valence electrons. The van der Waals surface area contributed by atoms with Gasteiger partial charge < -0.3 is 9.79 Å². The first kappa shape index (κ1) is 28.8. The normalized spacial score (nSPS) is 8.84. The van der Waals surface area contributed by atoms with Crippen molar-refractivity contribution in [2.45, 2.75) is 0 Å². The zero-order chi connectivity index (χ0) is 21.9. The van der Waals surface area contributed by atoms with Gasteiger partial charge in [0.1, 0.15) is 0 Å². The Bertz CT molecular complexity index is 786. The summed E-state index contributed by atoms with van der Waals surface area (Å²) in [7, 11) is -2.17. The maximum absolute atomic E-state index is 8.35. The zero-order valence-electron chi connectivity index (χ0n) is 16.8. The van der Waals surface area contributed by atoms with Gasteiger partial charge >= 0.3 is 23.1 Å². The van der Waals surface area contributed by atoms with Crippen molar-refractivity contribution in [2.75, 3.05) is 0 Å². The van der Waals surface area contributed by atoms with Crippen molar-refractivity contribution in [1.82, 2.24) is 0 Å². The largest absolute Gasteiger partial charge is 2.00 e. The molecule has 0 radical (unpaired) electrons. The van der Waals surface area contributed by atoms with Crippen LogP contribution < -0.4 is 9.79 Å². The van der Waals surface area contributed by atoms with Crippen molar-refractivity contribution in [1.29, 1.82) is 0 Å². The van der Waals surface area contributed by atoms with Crippen molar-refractivity contribution < 1.29 is 18.9 Å². The SMILES string of the molecule is O=P[O-].O=P[O-].[Mg+2].c1ccc(-c2ccccc2)cc1.c1ccc(-c2ccccc2)cc1. The van der Waals surface area contributed by atoms with Gasteiger partial charge in [-0.3, -0.25) is 9.13 Å². The van der Waals surface area contributed by atoms with Crippen LogP contribution in [0.2, 0.25) is 0 Å². The molecule has 7 heteroatoms. The minimum atomic E-state index is -1.08. The number of hydrogen-bond donors (Lipinski definition) is 0. The number of hydrogen-bond acceptors (Lipinski definition) is 4. The molecule has 4 aromatic carbocycles. The van der Waals surface area contributed by atoms with Gasteiger partial charge in [-0.25, -0.2) is 0 Å². The van der Waals surface area contributed by atoms with Gasteiger partial charge in [0.05, 0.1) is 17.4 Å². The maximum Gasteiger partial charge on any atom is 2.00 e. The maximum atomic E-state index is 8.35. The standard InChI is InChI=1S/2C12H10.Mg.2HO2P/c2*1-3-7-11(8-4-1)12-9-5-2-6-10-12;;2*1-3-2/h2*1-10H;;2*(H,1,2)/q;;+2;;/p-2. The molecule has 0 fully saturated rings. The Kier molecular flexibility index (Phi) is 18.3. The molecule has 0 heterocycles. The molecule has 0 spiro atoms. The van der Waals surface area contributed by atoms with Gasteiger partial charge in [0.2, 0.25) is 0 Å². The summed E-state index contributed by atoms with van der Waals surface area (Å²) in [5.41, 5.74) is 5.10. The quantitative estimate of drug-likeness (QED) is 0.296. The molecule has 0 aliphatic carbocycles. The van der Waals surface area contributed by atoms with Gasteiger partial charge in [0.25, 0.3) is 0 Å². The second-order valence-corrected chi connectivity index (χ2v) is 5.91. The summed E-state index contributed by atoms with van der Waals surface area (Å²) in [5, 5.41) is 0. The van der Waals surface area contributed by atoms with E-state index in [2.05, 4.69) is 97.1 Å². The molecule has 0 unspecified atom stereocenters. The summed E-state index contributed by atoms with van der Waals surface area (Å²) in [6.45, 7) is 0. The second kappa shape index (κ2) is 19.7. The average Bonchev–Trinajstić information content (AvgIpc) is 2.83. The topological polar surface area (TPSA) is 80.3 Å². The van der Waals surface area contributed by atoms with E-state index >= 15 is 0 Å². The molecule has 0 atom stereocenters. The third-order valence-corrected chi connectivity index (χ3v) is 3.76. The second-order valence-electron chi connectivity index (χ2n) is 5.61. The van der Waals surface area contributed by atoms with E-state index in [9.17, 15) is 0 Å². The molecular weight excluding hydrogens is 439 g/mol. The predicted molar refractivity (Wildman–Crippen MR) is 125 cm³/mol. The molecule has 0 saturated heterocycles.